The molecule has 0 saturated carbocycles. The van der Waals surface area contributed by atoms with Gasteiger partial charge in [-0.3, -0.25) is 0 Å². The lowest BCUT2D eigenvalue weighted by atomic mass is 10.0. The van der Waals surface area contributed by atoms with E-state index in [1.54, 1.807) is 36.4 Å². The standard InChI is InChI=1S/C17H14ClN3O3S/c1-25(23,24)14-8-4-12(5-9-14)16-15(10-21(20-16)17(19)22)11-2-6-13(18)7-3-11/h2-10H,1H3,(H2,19,22). The third-order valence-corrected chi connectivity index (χ3v) is 5.03. The number of carbonyl (C=O) groups excluding carboxylic acids is 1. The van der Waals surface area contributed by atoms with Crippen molar-refractivity contribution in [3.63, 3.8) is 0 Å². The van der Waals surface area contributed by atoms with Crippen LogP contribution >= 0.6 is 11.6 Å². The van der Waals surface area contributed by atoms with Crippen LogP contribution in [0.5, 0.6) is 0 Å². The van der Waals surface area contributed by atoms with Crippen LogP contribution in [0, 0.1) is 0 Å². The Kier molecular flexibility index (Phi) is 4.36. The first-order valence-electron chi connectivity index (χ1n) is 7.21. The predicted octanol–water partition coefficient (Wildman–Crippen LogP) is 3.20. The highest BCUT2D eigenvalue weighted by molar-refractivity contribution is 7.90. The van der Waals surface area contributed by atoms with Gasteiger partial charge >= 0.3 is 6.03 Å². The van der Waals surface area contributed by atoms with Crippen molar-refractivity contribution in [1.29, 1.82) is 0 Å². The highest BCUT2D eigenvalue weighted by Gasteiger charge is 2.16. The molecule has 0 unspecified atom stereocenters. The van der Waals surface area contributed by atoms with Crippen LogP contribution in [0.3, 0.4) is 0 Å². The number of primary amides is 1. The number of nitrogens with two attached hydrogens (primary N) is 1. The van der Waals surface area contributed by atoms with E-state index in [1.807, 2.05) is 0 Å². The molecule has 0 bridgehead atoms. The topological polar surface area (TPSA) is 95.1 Å². The SMILES string of the molecule is CS(=O)(=O)c1ccc(-c2nn(C(N)=O)cc2-c2ccc(Cl)cc2)cc1. The third-order valence-electron chi connectivity index (χ3n) is 3.65. The molecule has 0 aliphatic rings. The number of sulfone groups is 1. The molecule has 0 fully saturated rings. The molecule has 0 saturated heterocycles. The number of rotatable bonds is 3. The van der Waals surface area contributed by atoms with E-state index in [1.165, 1.54) is 18.3 Å². The number of hydrogen-bond donors (Lipinski definition) is 1. The Balaban J connectivity index is 2.14. The van der Waals surface area contributed by atoms with Gasteiger partial charge in [-0.05, 0) is 29.8 Å². The fourth-order valence-electron chi connectivity index (χ4n) is 2.40. The summed E-state index contributed by atoms with van der Waals surface area (Å²) in [5.41, 5.74) is 7.99. The quantitative estimate of drug-likeness (QED) is 0.760. The van der Waals surface area contributed by atoms with Gasteiger partial charge in [-0.25, -0.2) is 13.2 Å². The number of aromatic nitrogens is 2. The molecule has 0 aliphatic carbocycles. The minimum Gasteiger partial charge on any atom is -0.350 e. The molecular weight excluding hydrogens is 362 g/mol. The summed E-state index contributed by atoms with van der Waals surface area (Å²) >= 11 is 5.92. The zero-order valence-electron chi connectivity index (χ0n) is 13.2. The Morgan fingerprint density at radius 1 is 1.04 bits per heavy atom. The van der Waals surface area contributed by atoms with Gasteiger partial charge < -0.3 is 5.73 Å². The van der Waals surface area contributed by atoms with Crippen molar-refractivity contribution in [1.82, 2.24) is 9.78 Å². The van der Waals surface area contributed by atoms with E-state index in [2.05, 4.69) is 5.10 Å². The molecule has 0 radical (unpaired) electrons. The summed E-state index contributed by atoms with van der Waals surface area (Å²) in [4.78, 5) is 11.7. The largest absolute Gasteiger partial charge is 0.350 e. The van der Waals surface area contributed by atoms with Gasteiger partial charge in [0.2, 0.25) is 0 Å². The predicted molar refractivity (Wildman–Crippen MR) is 96.2 cm³/mol. The Hall–Kier alpha value is -2.64. The smallest absolute Gasteiger partial charge is 0.339 e. The van der Waals surface area contributed by atoms with E-state index >= 15 is 0 Å². The molecule has 2 aromatic carbocycles. The highest BCUT2D eigenvalue weighted by Crippen LogP contribution is 2.32. The average molecular weight is 376 g/mol. The van der Waals surface area contributed by atoms with Crippen LogP contribution in [0.15, 0.2) is 59.6 Å². The van der Waals surface area contributed by atoms with Gasteiger partial charge in [0.05, 0.1) is 4.90 Å². The van der Waals surface area contributed by atoms with Gasteiger partial charge in [0, 0.05) is 28.6 Å². The van der Waals surface area contributed by atoms with Crippen LogP contribution in [0.25, 0.3) is 22.4 Å². The van der Waals surface area contributed by atoms with Crippen LogP contribution in [0.1, 0.15) is 0 Å². The maximum Gasteiger partial charge on any atom is 0.339 e. The Labute approximate surface area is 149 Å². The van der Waals surface area contributed by atoms with Gasteiger partial charge in [-0.15, -0.1) is 0 Å². The lowest BCUT2D eigenvalue weighted by Crippen LogP contribution is -2.19. The monoisotopic (exact) mass is 375 g/mol. The molecule has 0 spiro atoms. The molecule has 2 N–H and O–H groups in total. The molecule has 3 rings (SSSR count). The average Bonchev–Trinajstić information content (AvgIpc) is 3.00. The molecule has 1 heterocycles. The van der Waals surface area contributed by atoms with Crippen LogP contribution in [0.2, 0.25) is 5.02 Å². The summed E-state index contributed by atoms with van der Waals surface area (Å²) < 4.78 is 24.2. The van der Waals surface area contributed by atoms with Crippen LogP contribution in [-0.4, -0.2) is 30.5 Å². The van der Waals surface area contributed by atoms with Crippen molar-refractivity contribution >= 4 is 27.5 Å². The lowest BCUT2D eigenvalue weighted by molar-refractivity contribution is 0.248. The molecule has 128 valence electrons. The van der Waals surface area contributed by atoms with Crippen molar-refractivity contribution in [2.45, 2.75) is 4.90 Å². The molecule has 1 amide bonds. The molecule has 0 aliphatic heterocycles. The van der Waals surface area contributed by atoms with Crippen LogP contribution in [-0.2, 0) is 9.84 Å². The van der Waals surface area contributed by atoms with Crippen LogP contribution < -0.4 is 5.73 Å². The molecule has 1 aromatic heterocycles. The van der Waals surface area contributed by atoms with Crippen molar-refractivity contribution in [3.05, 3.63) is 59.8 Å². The summed E-state index contributed by atoms with van der Waals surface area (Å²) in [5.74, 6) is 0. The van der Waals surface area contributed by atoms with Gasteiger partial charge in [-0.1, -0.05) is 35.9 Å². The Morgan fingerprint density at radius 2 is 1.60 bits per heavy atom. The molecular formula is C17H14ClN3O3S. The van der Waals surface area contributed by atoms with E-state index in [0.717, 1.165) is 16.5 Å². The highest BCUT2D eigenvalue weighted by atomic mass is 35.5. The summed E-state index contributed by atoms with van der Waals surface area (Å²) in [6.07, 6.45) is 2.67. The fourth-order valence-corrected chi connectivity index (χ4v) is 3.16. The summed E-state index contributed by atoms with van der Waals surface area (Å²) in [6, 6.07) is 12.6. The molecule has 3 aromatic rings. The second-order valence-corrected chi connectivity index (χ2v) is 7.93. The number of halogens is 1. The number of carbonyl (C=O) groups is 1. The first-order chi connectivity index (χ1) is 11.8. The van der Waals surface area contributed by atoms with Gasteiger partial charge in [0.1, 0.15) is 5.69 Å². The molecule has 0 atom stereocenters. The van der Waals surface area contributed by atoms with Gasteiger partial charge in [0.15, 0.2) is 9.84 Å². The van der Waals surface area contributed by atoms with Crippen LogP contribution in [0.4, 0.5) is 4.79 Å². The maximum atomic E-state index is 11.6. The number of nitrogens with zero attached hydrogens (tertiary/aromatic N) is 2. The Morgan fingerprint density at radius 3 is 2.12 bits per heavy atom. The maximum absolute atomic E-state index is 11.6. The number of benzene rings is 2. The summed E-state index contributed by atoms with van der Waals surface area (Å²) in [5, 5.41) is 4.82. The summed E-state index contributed by atoms with van der Waals surface area (Å²) in [7, 11) is -3.29. The Bertz CT molecular complexity index is 1040. The van der Waals surface area contributed by atoms with E-state index in [-0.39, 0.29) is 4.90 Å². The zero-order valence-corrected chi connectivity index (χ0v) is 14.8. The normalized spacial score (nSPS) is 11.4. The second kappa shape index (κ2) is 6.34. The number of hydrogen-bond acceptors (Lipinski definition) is 4. The first kappa shape index (κ1) is 17.2. The second-order valence-electron chi connectivity index (χ2n) is 5.48. The van der Waals surface area contributed by atoms with Crippen molar-refractivity contribution in [2.75, 3.05) is 6.26 Å². The van der Waals surface area contributed by atoms with Crippen molar-refractivity contribution < 1.29 is 13.2 Å². The van der Waals surface area contributed by atoms with Gasteiger partial charge in [0.25, 0.3) is 0 Å². The molecule has 8 heteroatoms. The number of amides is 1. The van der Waals surface area contributed by atoms with E-state index in [9.17, 15) is 13.2 Å². The fraction of sp³-hybridized carbons (Fsp3) is 0.0588. The van der Waals surface area contributed by atoms with E-state index < -0.39 is 15.9 Å². The van der Waals surface area contributed by atoms with E-state index in [0.29, 0.717) is 21.8 Å². The minimum absolute atomic E-state index is 0.207. The first-order valence-corrected chi connectivity index (χ1v) is 9.48. The molecule has 25 heavy (non-hydrogen) atoms. The summed E-state index contributed by atoms with van der Waals surface area (Å²) in [6.45, 7) is 0. The van der Waals surface area contributed by atoms with Crippen molar-refractivity contribution in [3.8, 4) is 22.4 Å². The zero-order chi connectivity index (χ0) is 18.2. The van der Waals surface area contributed by atoms with Gasteiger partial charge in [-0.2, -0.15) is 9.78 Å². The van der Waals surface area contributed by atoms with Crippen molar-refractivity contribution in [2.24, 2.45) is 5.73 Å². The minimum atomic E-state index is -3.29. The molecule has 6 nitrogen and oxygen atoms in total. The third kappa shape index (κ3) is 3.57. The lowest BCUT2D eigenvalue weighted by Gasteiger charge is -2.04. The van der Waals surface area contributed by atoms with E-state index in [4.69, 9.17) is 17.3 Å².